The van der Waals surface area contributed by atoms with Gasteiger partial charge in [0.05, 0.1) is 11.3 Å². The highest BCUT2D eigenvalue weighted by Crippen LogP contribution is 2.36. The van der Waals surface area contributed by atoms with Gasteiger partial charge >= 0.3 is 0 Å². The molecule has 134 valence electrons. The van der Waals surface area contributed by atoms with Crippen molar-refractivity contribution in [1.29, 1.82) is 10.5 Å². The van der Waals surface area contributed by atoms with E-state index in [1.807, 2.05) is 6.92 Å². The highest BCUT2D eigenvalue weighted by atomic mass is 32.1. The van der Waals surface area contributed by atoms with Crippen LogP contribution in [0, 0.1) is 36.5 Å². The van der Waals surface area contributed by atoms with E-state index in [1.165, 1.54) is 0 Å². The van der Waals surface area contributed by atoms with Crippen molar-refractivity contribution in [2.75, 3.05) is 24.2 Å². The molecule has 0 spiro atoms. The Morgan fingerprint density at radius 2 is 1.85 bits per heavy atom. The Morgan fingerprint density at radius 1 is 1.12 bits per heavy atom. The molecule has 0 radical (unpaired) electrons. The van der Waals surface area contributed by atoms with Crippen LogP contribution >= 0.6 is 11.5 Å². The quantitative estimate of drug-likeness (QED) is 0.545. The molecule has 26 heavy (non-hydrogen) atoms. The molecular formula is C17H20N8S. The number of anilines is 2. The van der Waals surface area contributed by atoms with Crippen LogP contribution in [0.25, 0.3) is 0 Å². The minimum absolute atomic E-state index is 0.414. The molecule has 2 rings (SSSR count). The Balaban J connectivity index is 2.52. The van der Waals surface area contributed by atoms with E-state index in [-0.39, 0.29) is 0 Å². The molecule has 2 aromatic rings. The zero-order valence-electron chi connectivity index (χ0n) is 15.2. The van der Waals surface area contributed by atoms with E-state index in [0.717, 1.165) is 30.9 Å². The predicted octanol–water partition coefficient (Wildman–Crippen LogP) is 4.57. The highest BCUT2D eigenvalue weighted by molar-refractivity contribution is 7.10. The minimum Gasteiger partial charge on any atom is -0.372 e. The number of azo groups is 1. The lowest BCUT2D eigenvalue weighted by molar-refractivity contribution is 0.830. The Labute approximate surface area is 156 Å². The van der Waals surface area contributed by atoms with Crippen LogP contribution in [0.3, 0.4) is 0 Å². The van der Waals surface area contributed by atoms with Gasteiger partial charge in [-0.1, -0.05) is 13.3 Å². The second-order valence-corrected chi connectivity index (χ2v) is 6.31. The molecule has 0 saturated carbocycles. The number of aromatic nitrogens is 2. The number of aryl methyl sites for hydroxylation is 1. The van der Waals surface area contributed by atoms with Crippen molar-refractivity contribution < 1.29 is 0 Å². The van der Waals surface area contributed by atoms with Gasteiger partial charge in [-0.15, -0.1) is 10.2 Å². The van der Waals surface area contributed by atoms with Crippen molar-refractivity contribution in [3.05, 3.63) is 22.4 Å². The third kappa shape index (κ3) is 3.95. The molecule has 0 aromatic carbocycles. The summed E-state index contributed by atoms with van der Waals surface area (Å²) in [4.78, 5) is 4.48. The third-order valence-corrected chi connectivity index (χ3v) is 4.61. The van der Waals surface area contributed by atoms with E-state index < -0.39 is 0 Å². The topological polar surface area (TPSA) is 122 Å². The fraction of sp³-hybridized carbons (Fsp3) is 0.412. The lowest BCUT2D eigenvalue weighted by Crippen LogP contribution is -2.07. The molecule has 2 aromatic heterocycles. The van der Waals surface area contributed by atoms with Crippen LogP contribution in [0.15, 0.2) is 10.2 Å². The maximum atomic E-state index is 9.46. The zero-order valence-corrected chi connectivity index (χ0v) is 16.0. The van der Waals surface area contributed by atoms with Crippen LogP contribution in [0.5, 0.6) is 0 Å². The van der Waals surface area contributed by atoms with Crippen LogP contribution in [0.1, 0.15) is 42.1 Å². The van der Waals surface area contributed by atoms with Crippen LogP contribution in [-0.4, -0.2) is 22.9 Å². The number of unbranched alkanes of at least 4 members (excludes halogenated alkanes) is 1. The summed E-state index contributed by atoms with van der Waals surface area (Å²) in [6, 6.07) is 4.25. The van der Waals surface area contributed by atoms with Crippen LogP contribution in [-0.2, 0) is 0 Å². The standard InChI is InChI=1S/C17H20N8S/c1-5-6-7-21-16-14(10(2)12(8-18)15(20-4)22-16)23-24-17-13(9-19)11(3)25-26-17/h5-7H2,1-4H3,(H2,20,21,22). The highest BCUT2D eigenvalue weighted by Gasteiger charge is 2.17. The fourth-order valence-electron chi connectivity index (χ4n) is 2.29. The largest absolute Gasteiger partial charge is 0.372 e. The van der Waals surface area contributed by atoms with Gasteiger partial charge in [-0.3, -0.25) is 0 Å². The minimum atomic E-state index is 0.414. The first-order valence-corrected chi connectivity index (χ1v) is 8.99. The van der Waals surface area contributed by atoms with E-state index in [4.69, 9.17) is 0 Å². The van der Waals surface area contributed by atoms with E-state index in [1.54, 1.807) is 14.0 Å². The second-order valence-electron chi connectivity index (χ2n) is 5.56. The summed E-state index contributed by atoms with van der Waals surface area (Å²) >= 11 is 1.12. The van der Waals surface area contributed by atoms with Crippen LogP contribution in [0.2, 0.25) is 0 Å². The number of hydrogen-bond acceptors (Lipinski definition) is 9. The monoisotopic (exact) mass is 368 g/mol. The summed E-state index contributed by atoms with van der Waals surface area (Å²) in [5.41, 5.74) is 2.63. The van der Waals surface area contributed by atoms with E-state index >= 15 is 0 Å². The fourth-order valence-corrected chi connectivity index (χ4v) is 2.97. The van der Waals surface area contributed by atoms with E-state index in [2.05, 4.69) is 49.3 Å². The molecule has 9 heteroatoms. The average molecular weight is 368 g/mol. The molecule has 0 aliphatic rings. The molecule has 0 bridgehead atoms. The predicted molar refractivity (Wildman–Crippen MR) is 102 cm³/mol. The van der Waals surface area contributed by atoms with Gasteiger partial charge in [0.25, 0.3) is 0 Å². The zero-order chi connectivity index (χ0) is 19.1. The van der Waals surface area contributed by atoms with Gasteiger partial charge in [-0.2, -0.15) is 14.9 Å². The maximum absolute atomic E-state index is 9.46. The second kappa shape index (κ2) is 8.88. The van der Waals surface area contributed by atoms with Crippen molar-refractivity contribution in [2.24, 2.45) is 10.2 Å². The lowest BCUT2D eigenvalue weighted by Gasteiger charge is -2.13. The molecule has 0 atom stereocenters. The Morgan fingerprint density at radius 3 is 2.46 bits per heavy atom. The number of hydrogen-bond donors (Lipinski definition) is 2. The molecule has 0 unspecified atom stereocenters. The molecule has 8 nitrogen and oxygen atoms in total. The molecule has 2 heterocycles. The van der Waals surface area contributed by atoms with Gasteiger partial charge in [0.15, 0.2) is 10.8 Å². The summed E-state index contributed by atoms with van der Waals surface area (Å²) in [7, 11) is 1.72. The number of nitriles is 2. The van der Waals surface area contributed by atoms with Crippen LogP contribution in [0.4, 0.5) is 22.3 Å². The first-order chi connectivity index (χ1) is 12.6. The summed E-state index contributed by atoms with van der Waals surface area (Å²) in [5, 5.41) is 33.8. The Kier molecular flexibility index (Phi) is 6.59. The van der Waals surface area contributed by atoms with Gasteiger partial charge < -0.3 is 10.6 Å². The molecule has 0 amide bonds. The van der Waals surface area contributed by atoms with Crippen LogP contribution < -0.4 is 10.6 Å². The molecule has 0 saturated heterocycles. The smallest absolute Gasteiger partial charge is 0.176 e. The summed E-state index contributed by atoms with van der Waals surface area (Å²) in [6.45, 7) is 6.41. The van der Waals surface area contributed by atoms with Gasteiger partial charge in [0.1, 0.15) is 29.2 Å². The van der Waals surface area contributed by atoms with Crippen molar-refractivity contribution >= 4 is 33.9 Å². The average Bonchev–Trinajstić information content (AvgIpc) is 3.00. The summed E-state index contributed by atoms with van der Waals surface area (Å²) < 4.78 is 4.14. The van der Waals surface area contributed by atoms with Gasteiger partial charge in [-0.25, -0.2) is 4.98 Å². The van der Waals surface area contributed by atoms with Gasteiger partial charge in [-0.05, 0) is 31.8 Å². The van der Waals surface area contributed by atoms with E-state index in [9.17, 15) is 10.5 Å². The number of pyridine rings is 1. The van der Waals surface area contributed by atoms with Crippen molar-refractivity contribution in [1.82, 2.24) is 9.36 Å². The molecule has 0 aliphatic heterocycles. The summed E-state index contributed by atoms with van der Waals surface area (Å²) in [5.74, 6) is 1.05. The number of rotatable bonds is 7. The van der Waals surface area contributed by atoms with Crippen molar-refractivity contribution in [3.63, 3.8) is 0 Å². The molecule has 0 aliphatic carbocycles. The third-order valence-electron chi connectivity index (χ3n) is 3.78. The van der Waals surface area contributed by atoms with Gasteiger partial charge in [0.2, 0.25) is 0 Å². The molecule has 0 fully saturated rings. The normalized spacial score (nSPS) is 10.5. The SMILES string of the molecule is CCCCNc1nc(NC)c(C#N)c(C)c1N=Nc1snc(C)c1C#N. The van der Waals surface area contributed by atoms with E-state index in [0.29, 0.717) is 44.7 Å². The maximum Gasteiger partial charge on any atom is 0.176 e. The number of nitrogens with zero attached hydrogens (tertiary/aromatic N) is 6. The molecular weight excluding hydrogens is 348 g/mol. The summed E-state index contributed by atoms with van der Waals surface area (Å²) in [6.07, 6.45) is 2.03. The first-order valence-electron chi connectivity index (χ1n) is 8.21. The molecule has 2 N–H and O–H groups in total. The first kappa shape index (κ1) is 19.3. The van der Waals surface area contributed by atoms with Crippen molar-refractivity contribution in [3.8, 4) is 12.1 Å². The Bertz CT molecular complexity index is 901. The van der Waals surface area contributed by atoms with Gasteiger partial charge in [0, 0.05) is 19.2 Å². The lowest BCUT2D eigenvalue weighted by atomic mass is 10.1. The van der Waals surface area contributed by atoms with Crippen molar-refractivity contribution in [2.45, 2.75) is 33.6 Å². The Hall–Kier alpha value is -3.04. The number of nitrogens with one attached hydrogen (secondary N) is 2.